The van der Waals surface area contributed by atoms with Crippen LogP contribution in [0.3, 0.4) is 0 Å². The van der Waals surface area contributed by atoms with E-state index in [9.17, 15) is 4.79 Å². The second-order valence-electron chi connectivity index (χ2n) is 6.26. The average molecular weight is 300 g/mol. The normalized spacial score (nSPS) is 21.6. The van der Waals surface area contributed by atoms with Crippen LogP contribution in [-0.2, 0) is 16.1 Å². The predicted molar refractivity (Wildman–Crippen MR) is 81.2 cm³/mol. The Morgan fingerprint density at radius 1 is 1.27 bits per heavy atom. The van der Waals surface area contributed by atoms with Gasteiger partial charge in [0.25, 0.3) is 0 Å². The second kappa shape index (κ2) is 5.68. The van der Waals surface area contributed by atoms with E-state index in [2.05, 4.69) is 10.3 Å². The Morgan fingerprint density at radius 3 is 3.00 bits per heavy atom. The number of benzene rings is 1. The largest absolute Gasteiger partial charge is 0.376 e. The number of hydrogen-bond donors (Lipinski definition) is 0. The third-order valence-electron chi connectivity index (χ3n) is 4.47. The lowest BCUT2D eigenvalue weighted by atomic mass is 10.3. The first-order valence-electron chi connectivity index (χ1n) is 7.97. The van der Waals surface area contributed by atoms with Gasteiger partial charge in [-0.25, -0.2) is 4.68 Å². The van der Waals surface area contributed by atoms with E-state index in [1.807, 2.05) is 29.2 Å². The first-order chi connectivity index (χ1) is 10.8. The van der Waals surface area contributed by atoms with Crippen molar-refractivity contribution in [3.63, 3.8) is 0 Å². The SMILES string of the molecule is O=C(Cn1nnc2ccccc21)N1CCC(OCC2CC2)C1. The average Bonchev–Trinajstić information content (AvgIpc) is 3.10. The number of aromatic nitrogens is 3. The van der Waals surface area contributed by atoms with E-state index in [1.54, 1.807) is 4.68 Å². The van der Waals surface area contributed by atoms with E-state index in [1.165, 1.54) is 12.8 Å². The topological polar surface area (TPSA) is 60.2 Å². The summed E-state index contributed by atoms with van der Waals surface area (Å²) in [6.45, 7) is 2.59. The van der Waals surface area contributed by atoms with Crippen LogP contribution in [-0.4, -0.2) is 51.6 Å². The van der Waals surface area contributed by atoms with Gasteiger partial charge in [-0.1, -0.05) is 17.3 Å². The molecule has 6 heteroatoms. The molecule has 0 spiro atoms. The van der Waals surface area contributed by atoms with Crippen LogP contribution in [0.25, 0.3) is 11.0 Å². The molecule has 1 amide bonds. The Morgan fingerprint density at radius 2 is 2.14 bits per heavy atom. The van der Waals surface area contributed by atoms with Crippen molar-refractivity contribution in [3.8, 4) is 0 Å². The molecule has 1 aromatic heterocycles. The Kier molecular flexibility index (Phi) is 3.54. The molecule has 6 nitrogen and oxygen atoms in total. The quantitative estimate of drug-likeness (QED) is 0.839. The number of likely N-dealkylation sites (tertiary alicyclic amines) is 1. The monoisotopic (exact) mass is 300 g/mol. The van der Waals surface area contributed by atoms with E-state index in [0.29, 0.717) is 6.54 Å². The minimum absolute atomic E-state index is 0.0909. The minimum atomic E-state index is 0.0909. The highest BCUT2D eigenvalue weighted by molar-refractivity contribution is 5.80. The van der Waals surface area contributed by atoms with Crippen molar-refractivity contribution in [2.75, 3.05) is 19.7 Å². The molecular weight excluding hydrogens is 280 g/mol. The summed E-state index contributed by atoms with van der Waals surface area (Å²) >= 11 is 0. The summed E-state index contributed by atoms with van der Waals surface area (Å²) in [7, 11) is 0. The van der Waals surface area contributed by atoms with Gasteiger partial charge in [0.1, 0.15) is 12.1 Å². The van der Waals surface area contributed by atoms with Crippen LogP contribution < -0.4 is 0 Å². The van der Waals surface area contributed by atoms with Gasteiger partial charge in [-0.15, -0.1) is 5.10 Å². The summed E-state index contributed by atoms with van der Waals surface area (Å²) in [4.78, 5) is 14.3. The predicted octanol–water partition coefficient (Wildman–Crippen LogP) is 1.46. The van der Waals surface area contributed by atoms with Gasteiger partial charge in [0.05, 0.1) is 11.6 Å². The van der Waals surface area contributed by atoms with Gasteiger partial charge in [0.15, 0.2) is 0 Å². The molecule has 4 rings (SSSR count). The molecule has 0 bridgehead atoms. The molecule has 116 valence electrons. The second-order valence-corrected chi connectivity index (χ2v) is 6.26. The summed E-state index contributed by atoms with van der Waals surface area (Å²) < 4.78 is 7.56. The molecule has 1 atom stereocenters. The lowest BCUT2D eigenvalue weighted by molar-refractivity contribution is -0.131. The van der Waals surface area contributed by atoms with Crippen molar-refractivity contribution in [2.45, 2.75) is 31.9 Å². The zero-order valence-electron chi connectivity index (χ0n) is 12.5. The van der Waals surface area contributed by atoms with E-state index in [0.717, 1.165) is 36.5 Å². The number of fused-ring (bicyclic) bond motifs is 1. The highest BCUT2D eigenvalue weighted by atomic mass is 16.5. The van der Waals surface area contributed by atoms with Gasteiger partial charge < -0.3 is 9.64 Å². The molecule has 1 saturated heterocycles. The van der Waals surface area contributed by atoms with Crippen molar-refractivity contribution in [3.05, 3.63) is 24.3 Å². The van der Waals surface area contributed by atoms with Crippen LogP contribution in [0.15, 0.2) is 24.3 Å². The summed E-state index contributed by atoms with van der Waals surface area (Å²) in [5, 5.41) is 8.17. The number of rotatable bonds is 5. The molecule has 0 radical (unpaired) electrons. The maximum absolute atomic E-state index is 12.4. The fourth-order valence-corrected chi connectivity index (χ4v) is 2.91. The van der Waals surface area contributed by atoms with E-state index < -0.39 is 0 Å². The summed E-state index contributed by atoms with van der Waals surface area (Å²) in [5.74, 6) is 0.861. The maximum Gasteiger partial charge on any atom is 0.244 e. The van der Waals surface area contributed by atoms with Crippen LogP contribution in [0.1, 0.15) is 19.3 Å². The van der Waals surface area contributed by atoms with Crippen molar-refractivity contribution in [1.29, 1.82) is 0 Å². The Labute approximate surface area is 129 Å². The summed E-state index contributed by atoms with van der Waals surface area (Å²) in [6.07, 6.45) is 3.75. The number of para-hydroxylation sites is 1. The van der Waals surface area contributed by atoms with Gasteiger partial charge in [0.2, 0.25) is 5.91 Å². The number of hydrogen-bond acceptors (Lipinski definition) is 4. The van der Waals surface area contributed by atoms with E-state index in [4.69, 9.17) is 4.74 Å². The van der Waals surface area contributed by atoms with Crippen LogP contribution in [0.2, 0.25) is 0 Å². The van der Waals surface area contributed by atoms with Gasteiger partial charge in [-0.2, -0.15) is 0 Å². The first kappa shape index (κ1) is 13.7. The number of nitrogens with zero attached hydrogens (tertiary/aromatic N) is 4. The minimum Gasteiger partial charge on any atom is -0.376 e. The first-order valence-corrected chi connectivity index (χ1v) is 7.97. The number of ether oxygens (including phenoxy) is 1. The van der Waals surface area contributed by atoms with Crippen LogP contribution >= 0.6 is 0 Å². The van der Waals surface area contributed by atoms with Gasteiger partial charge in [-0.3, -0.25) is 4.79 Å². The summed E-state index contributed by atoms with van der Waals surface area (Å²) in [6, 6.07) is 7.70. The zero-order valence-corrected chi connectivity index (χ0v) is 12.5. The standard InChI is InChI=1S/C16H20N4O2/c21-16(10-20-15-4-2-1-3-14(15)17-18-20)19-8-7-13(9-19)22-11-12-5-6-12/h1-4,12-13H,5-11H2. The molecule has 0 N–H and O–H groups in total. The highest BCUT2D eigenvalue weighted by Crippen LogP contribution is 2.30. The van der Waals surface area contributed by atoms with Crippen LogP contribution in [0.4, 0.5) is 0 Å². The number of carbonyl (C=O) groups excluding carboxylic acids is 1. The lowest BCUT2D eigenvalue weighted by Crippen LogP contribution is -2.33. The Balaban J connectivity index is 1.36. The van der Waals surface area contributed by atoms with Gasteiger partial charge >= 0.3 is 0 Å². The molecule has 1 saturated carbocycles. The molecule has 1 aliphatic heterocycles. The molecule has 1 unspecified atom stereocenters. The Bertz CT molecular complexity index is 680. The number of amides is 1. The number of carbonyl (C=O) groups is 1. The molecule has 2 heterocycles. The van der Waals surface area contributed by atoms with Crippen LogP contribution in [0.5, 0.6) is 0 Å². The lowest BCUT2D eigenvalue weighted by Gasteiger charge is -2.16. The molecule has 2 aliphatic rings. The van der Waals surface area contributed by atoms with Crippen molar-refractivity contribution < 1.29 is 9.53 Å². The van der Waals surface area contributed by atoms with Gasteiger partial charge in [0, 0.05) is 19.7 Å². The molecule has 1 aliphatic carbocycles. The van der Waals surface area contributed by atoms with Gasteiger partial charge in [-0.05, 0) is 37.3 Å². The van der Waals surface area contributed by atoms with Crippen molar-refractivity contribution >= 4 is 16.9 Å². The Hall–Kier alpha value is -1.95. The van der Waals surface area contributed by atoms with E-state index >= 15 is 0 Å². The van der Waals surface area contributed by atoms with Crippen molar-refractivity contribution in [1.82, 2.24) is 19.9 Å². The zero-order chi connectivity index (χ0) is 14.9. The molecule has 22 heavy (non-hydrogen) atoms. The van der Waals surface area contributed by atoms with Crippen LogP contribution in [0, 0.1) is 5.92 Å². The third-order valence-corrected chi connectivity index (χ3v) is 4.47. The molecule has 2 fully saturated rings. The maximum atomic E-state index is 12.4. The van der Waals surface area contributed by atoms with E-state index in [-0.39, 0.29) is 18.6 Å². The smallest absolute Gasteiger partial charge is 0.244 e. The van der Waals surface area contributed by atoms with Crippen molar-refractivity contribution in [2.24, 2.45) is 5.92 Å². The fraction of sp³-hybridized carbons (Fsp3) is 0.562. The molecular formula is C16H20N4O2. The fourth-order valence-electron chi connectivity index (χ4n) is 2.91. The highest BCUT2D eigenvalue weighted by Gasteiger charge is 2.29. The third kappa shape index (κ3) is 2.83. The molecule has 1 aromatic carbocycles. The summed E-state index contributed by atoms with van der Waals surface area (Å²) in [5.41, 5.74) is 1.72. The molecule has 2 aromatic rings.